The number of thiazole rings is 1. The summed E-state index contributed by atoms with van der Waals surface area (Å²) in [7, 11) is -1.87. The number of hydrogen-bond acceptors (Lipinski definition) is 7. The maximum Gasteiger partial charge on any atom is 0.423 e. The molecule has 13 heteroatoms. The van der Waals surface area contributed by atoms with Gasteiger partial charge in [-0.2, -0.15) is 13.2 Å². The van der Waals surface area contributed by atoms with Crippen LogP contribution in [0.1, 0.15) is 38.6 Å². The van der Waals surface area contributed by atoms with Crippen molar-refractivity contribution in [2.75, 3.05) is 11.5 Å². The SMILES string of the molecule is CC(C)(C)OC(=O)NC(CCS(=O)CCC(O)(c1nccs1)C(F)(F)F)C(=O)O. The van der Waals surface area contributed by atoms with Gasteiger partial charge < -0.3 is 20.3 Å². The summed E-state index contributed by atoms with van der Waals surface area (Å²) in [5, 5.41) is 22.1. The van der Waals surface area contributed by atoms with Crippen molar-refractivity contribution in [1.82, 2.24) is 10.3 Å². The van der Waals surface area contributed by atoms with Gasteiger partial charge in [0.15, 0.2) is 0 Å². The van der Waals surface area contributed by atoms with Crippen LogP contribution in [-0.4, -0.2) is 60.8 Å². The van der Waals surface area contributed by atoms with E-state index in [1.54, 1.807) is 20.8 Å². The largest absolute Gasteiger partial charge is 0.480 e. The van der Waals surface area contributed by atoms with Crippen molar-refractivity contribution >= 4 is 34.2 Å². The van der Waals surface area contributed by atoms with Crippen LogP contribution in [0, 0.1) is 0 Å². The fourth-order valence-electron chi connectivity index (χ4n) is 2.12. The molecule has 3 unspecified atom stereocenters. The molecule has 3 N–H and O–H groups in total. The number of aromatic nitrogens is 1. The maximum atomic E-state index is 13.3. The summed E-state index contributed by atoms with van der Waals surface area (Å²) in [6.07, 6.45) is -6.06. The molecular formula is C16H23F3N2O6S2. The first-order valence-corrected chi connectivity index (χ1v) is 10.8. The van der Waals surface area contributed by atoms with Crippen molar-refractivity contribution < 1.29 is 41.9 Å². The molecule has 3 atom stereocenters. The van der Waals surface area contributed by atoms with E-state index in [1.165, 1.54) is 5.38 Å². The Morgan fingerprint density at radius 3 is 2.38 bits per heavy atom. The molecule has 1 aromatic rings. The summed E-state index contributed by atoms with van der Waals surface area (Å²) < 4.78 is 56.9. The average Bonchev–Trinajstić information content (AvgIpc) is 3.08. The number of aliphatic hydroxyl groups is 1. The van der Waals surface area contributed by atoms with Gasteiger partial charge in [-0.05, 0) is 27.2 Å². The Hall–Kier alpha value is -1.73. The number of rotatable bonds is 9. The van der Waals surface area contributed by atoms with Gasteiger partial charge >= 0.3 is 18.2 Å². The molecule has 29 heavy (non-hydrogen) atoms. The fourth-order valence-corrected chi connectivity index (χ4v) is 4.13. The predicted molar refractivity (Wildman–Crippen MR) is 100.0 cm³/mol. The summed E-state index contributed by atoms with van der Waals surface area (Å²) in [4.78, 5) is 26.4. The van der Waals surface area contributed by atoms with Crippen molar-refractivity contribution in [3.05, 3.63) is 16.6 Å². The fraction of sp³-hybridized carbons (Fsp3) is 0.688. The summed E-state index contributed by atoms with van der Waals surface area (Å²) in [5.74, 6) is -2.23. The number of aliphatic carboxylic acids is 1. The number of amides is 1. The molecule has 0 saturated carbocycles. The third-order valence-corrected chi connectivity index (χ3v) is 5.84. The monoisotopic (exact) mass is 460 g/mol. The second kappa shape index (κ2) is 9.85. The highest BCUT2D eigenvalue weighted by Gasteiger charge is 2.56. The van der Waals surface area contributed by atoms with Crippen LogP contribution in [0.3, 0.4) is 0 Å². The minimum absolute atomic E-state index is 0.289. The molecule has 1 rings (SSSR count). The Bertz CT molecular complexity index is 721. The molecule has 0 aliphatic carbocycles. The first-order valence-electron chi connectivity index (χ1n) is 8.42. The van der Waals surface area contributed by atoms with E-state index < -0.39 is 63.5 Å². The van der Waals surface area contributed by atoms with Crippen LogP contribution in [0.4, 0.5) is 18.0 Å². The molecule has 166 valence electrons. The Morgan fingerprint density at radius 1 is 1.31 bits per heavy atom. The number of carboxylic acids is 1. The zero-order valence-corrected chi connectivity index (χ0v) is 17.6. The average molecular weight is 460 g/mol. The zero-order chi connectivity index (χ0) is 22.5. The molecule has 0 aliphatic heterocycles. The number of halogens is 3. The smallest absolute Gasteiger partial charge is 0.423 e. The van der Waals surface area contributed by atoms with Gasteiger partial charge in [0.1, 0.15) is 16.7 Å². The lowest BCUT2D eigenvalue weighted by Gasteiger charge is -2.28. The lowest BCUT2D eigenvalue weighted by atomic mass is 10.0. The number of nitrogens with zero attached hydrogens (tertiary/aromatic N) is 1. The van der Waals surface area contributed by atoms with E-state index in [4.69, 9.17) is 9.84 Å². The van der Waals surface area contributed by atoms with Crippen molar-refractivity contribution in [2.45, 2.75) is 57.0 Å². The Balaban J connectivity index is 2.66. The normalized spacial score (nSPS) is 16.5. The molecule has 1 heterocycles. The molecule has 0 spiro atoms. The number of nitrogens with one attached hydrogen (secondary N) is 1. The number of alkyl carbamates (subject to hydrolysis) is 1. The topological polar surface area (TPSA) is 126 Å². The summed E-state index contributed by atoms with van der Waals surface area (Å²) in [5.41, 5.74) is -4.09. The van der Waals surface area contributed by atoms with Crippen LogP contribution in [0.5, 0.6) is 0 Å². The van der Waals surface area contributed by atoms with Gasteiger partial charge in [-0.15, -0.1) is 11.3 Å². The maximum absolute atomic E-state index is 13.3. The van der Waals surface area contributed by atoms with Crippen molar-refractivity contribution in [1.29, 1.82) is 0 Å². The van der Waals surface area contributed by atoms with E-state index >= 15 is 0 Å². The second-order valence-electron chi connectivity index (χ2n) is 7.12. The van der Waals surface area contributed by atoms with Crippen molar-refractivity contribution in [3.8, 4) is 0 Å². The first kappa shape index (κ1) is 25.3. The highest BCUT2D eigenvalue weighted by molar-refractivity contribution is 7.84. The van der Waals surface area contributed by atoms with E-state index in [9.17, 15) is 32.1 Å². The van der Waals surface area contributed by atoms with Crippen LogP contribution in [0.15, 0.2) is 11.6 Å². The van der Waals surface area contributed by atoms with E-state index in [1.807, 2.05) is 0 Å². The second-order valence-corrected chi connectivity index (χ2v) is 9.71. The molecule has 0 radical (unpaired) electrons. The number of alkyl halides is 3. The molecule has 1 aromatic heterocycles. The van der Waals surface area contributed by atoms with Gasteiger partial charge in [-0.25, -0.2) is 14.6 Å². The molecule has 0 bridgehead atoms. The number of carbonyl (C=O) groups is 2. The highest BCUT2D eigenvalue weighted by atomic mass is 32.2. The quantitative estimate of drug-likeness (QED) is 0.517. The third-order valence-electron chi connectivity index (χ3n) is 3.57. The Kier molecular flexibility index (Phi) is 8.59. The van der Waals surface area contributed by atoms with Crippen LogP contribution in [-0.2, 0) is 25.9 Å². The molecule has 0 saturated heterocycles. The summed E-state index contributed by atoms with van der Waals surface area (Å²) in [6, 6.07) is -1.42. The predicted octanol–water partition coefficient (Wildman–Crippen LogP) is 2.40. The third kappa shape index (κ3) is 7.90. The summed E-state index contributed by atoms with van der Waals surface area (Å²) in [6.45, 7) is 4.75. The molecule has 1 amide bonds. The van der Waals surface area contributed by atoms with Crippen LogP contribution >= 0.6 is 11.3 Å². The minimum Gasteiger partial charge on any atom is -0.480 e. The number of carboxylic acid groups (broad SMARTS) is 1. The van der Waals surface area contributed by atoms with E-state index in [0.717, 1.165) is 6.20 Å². The van der Waals surface area contributed by atoms with Gasteiger partial charge in [0, 0.05) is 40.3 Å². The first-order chi connectivity index (χ1) is 13.2. The van der Waals surface area contributed by atoms with Gasteiger partial charge in [0.2, 0.25) is 5.60 Å². The Labute approximate surface area is 171 Å². The molecule has 8 nitrogen and oxygen atoms in total. The van der Waals surface area contributed by atoms with Gasteiger partial charge in [-0.1, -0.05) is 0 Å². The van der Waals surface area contributed by atoms with Crippen LogP contribution < -0.4 is 5.32 Å². The molecule has 0 fully saturated rings. The van der Waals surface area contributed by atoms with Crippen LogP contribution in [0.25, 0.3) is 0 Å². The standard InChI is InChI=1S/C16H23F3N2O6S2/c1-14(2,3)27-13(24)21-10(11(22)23)4-8-29(26)9-5-15(25,16(17,18)19)12-20-6-7-28-12/h6-7,10,25H,4-5,8-9H2,1-3H3,(H,21,24)(H,22,23). The molecule has 0 aliphatic rings. The van der Waals surface area contributed by atoms with Gasteiger partial charge in [0.05, 0.1) is 0 Å². The lowest BCUT2D eigenvalue weighted by Crippen LogP contribution is -2.44. The Morgan fingerprint density at radius 2 is 1.93 bits per heavy atom. The highest BCUT2D eigenvalue weighted by Crippen LogP contribution is 2.42. The zero-order valence-electron chi connectivity index (χ0n) is 16.0. The number of hydrogen-bond donors (Lipinski definition) is 3. The van der Waals surface area contributed by atoms with E-state index in [2.05, 4.69) is 10.3 Å². The van der Waals surface area contributed by atoms with E-state index in [-0.39, 0.29) is 12.2 Å². The number of carbonyl (C=O) groups excluding carboxylic acids is 1. The van der Waals surface area contributed by atoms with Crippen molar-refractivity contribution in [3.63, 3.8) is 0 Å². The molecule has 0 aromatic carbocycles. The van der Waals surface area contributed by atoms with Gasteiger partial charge in [0.25, 0.3) is 0 Å². The van der Waals surface area contributed by atoms with E-state index in [0.29, 0.717) is 11.3 Å². The van der Waals surface area contributed by atoms with Gasteiger partial charge in [-0.3, -0.25) is 4.21 Å². The minimum atomic E-state index is -5.02. The lowest BCUT2D eigenvalue weighted by molar-refractivity contribution is -0.267. The summed E-state index contributed by atoms with van der Waals surface area (Å²) >= 11 is 0.623. The van der Waals surface area contributed by atoms with Crippen molar-refractivity contribution in [2.24, 2.45) is 0 Å². The van der Waals surface area contributed by atoms with Crippen LogP contribution in [0.2, 0.25) is 0 Å². The molecular weight excluding hydrogens is 437 g/mol. The number of ether oxygens (including phenoxy) is 1.